The van der Waals surface area contributed by atoms with Crippen LogP contribution in [-0.4, -0.2) is 9.78 Å². The maximum atomic E-state index is 5.96. The summed E-state index contributed by atoms with van der Waals surface area (Å²) in [6.07, 6.45) is 10.6. The van der Waals surface area contributed by atoms with Crippen molar-refractivity contribution >= 4 is 0 Å². The molecular weight excluding hydrogens is 186 g/mol. The van der Waals surface area contributed by atoms with E-state index in [1.165, 1.54) is 31.2 Å². The number of nitrogens with zero attached hydrogens (tertiary/aromatic N) is 2. The molecule has 1 atom stereocenters. The van der Waals surface area contributed by atoms with Gasteiger partial charge in [-0.15, -0.1) is 0 Å². The van der Waals surface area contributed by atoms with E-state index in [1.54, 1.807) is 0 Å². The van der Waals surface area contributed by atoms with Crippen molar-refractivity contribution in [1.29, 1.82) is 0 Å². The summed E-state index contributed by atoms with van der Waals surface area (Å²) in [6, 6.07) is 0.155. The molecule has 3 nitrogen and oxygen atoms in total. The van der Waals surface area contributed by atoms with E-state index in [-0.39, 0.29) is 6.04 Å². The average molecular weight is 207 g/mol. The molecule has 0 saturated heterocycles. The first-order valence-electron chi connectivity index (χ1n) is 6.07. The van der Waals surface area contributed by atoms with Crippen LogP contribution in [0.5, 0.6) is 0 Å². The summed E-state index contributed by atoms with van der Waals surface area (Å²) in [5.74, 6) is 0.843. The van der Waals surface area contributed by atoms with Gasteiger partial charge in [0, 0.05) is 24.3 Å². The van der Waals surface area contributed by atoms with Gasteiger partial charge in [0.15, 0.2) is 0 Å². The molecule has 15 heavy (non-hydrogen) atoms. The maximum absolute atomic E-state index is 5.96. The first kappa shape index (κ1) is 10.7. The molecule has 1 fully saturated rings. The second-order valence-electron chi connectivity index (χ2n) is 4.66. The Hall–Kier alpha value is -0.830. The molecule has 2 rings (SSSR count). The van der Waals surface area contributed by atoms with Crippen molar-refractivity contribution in [2.24, 2.45) is 11.7 Å². The zero-order valence-corrected chi connectivity index (χ0v) is 9.52. The third-order valence-electron chi connectivity index (χ3n) is 3.44. The SMILES string of the molecule is CCC(N)c1cnn(CC2CCCC2)c1. The lowest BCUT2D eigenvalue weighted by Crippen LogP contribution is -2.09. The number of hydrogen-bond donors (Lipinski definition) is 1. The van der Waals surface area contributed by atoms with Gasteiger partial charge in [-0.1, -0.05) is 19.8 Å². The molecule has 1 heterocycles. The molecule has 0 spiro atoms. The second kappa shape index (κ2) is 4.79. The third-order valence-corrected chi connectivity index (χ3v) is 3.44. The van der Waals surface area contributed by atoms with Gasteiger partial charge in [0.1, 0.15) is 0 Å². The van der Waals surface area contributed by atoms with E-state index in [9.17, 15) is 0 Å². The molecule has 1 unspecified atom stereocenters. The van der Waals surface area contributed by atoms with Crippen LogP contribution in [0.2, 0.25) is 0 Å². The van der Waals surface area contributed by atoms with Crippen molar-refractivity contribution < 1.29 is 0 Å². The molecule has 1 aromatic heterocycles. The van der Waals surface area contributed by atoms with E-state index in [4.69, 9.17) is 5.73 Å². The highest BCUT2D eigenvalue weighted by Gasteiger charge is 2.16. The molecule has 0 radical (unpaired) electrons. The second-order valence-corrected chi connectivity index (χ2v) is 4.66. The zero-order chi connectivity index (χ0) is 10.7. The van der Waals surface area contributed by atoms with Crippen molar-refractivity contribution in [3.8, 4) is 0 Å². The third kappa shape index (κ3) is 2.59. The summed E-state index contributed by atoms with van der Waals surface area (Å²) >= 11 is 0. The normalized spacial score (nSPS) is 19.6. The molecule has 84 valence electrons. The Labute approximate surface area is 91.7 Å². The van der Waals surface area contributed by atoms with E-state index in [0.29, 0.717) is 0 Å². The van der Waals surface area contributed by atoms with Crippen LogP contribution >= 0.6 is 0 Å². The predicted molar refractivity (Wildman–Crippen MR) is 61.4 cm³/mol. The Balaban J connectivity index is 1.94. The van der Waals surface area contributed by atoms with E-state index in [1.807, 2.05) is 6.20 Å². The molecule has 0 aliphatic heterocycles. The van der Waals surface area contributed by atoms with Crippen molar-refractivity contribution in [2.45, 2.75) is 51.6 Å². The predicted octanol–water partition coefficient (Wildman–Crippen LogP) is 2.48. The van der Waals surface area contributed by atoms with Gasteiger partial charge in [-0.25, -0.2) is 0 Å². The monoisotopic (exact) mass is 207 g/mol. The van der Waals surface area contributed by atoms with Gasteiger partial charge >= 0.3 is 0 Å². The molecule has 2 N–H and O–H groups in total. The number of aromatic nitrogens is 2. The van der Waals surface area contributed by atoms with Crippen LogP contribution in [0.15, 0.2) is 12.4 Å². The summed E-state index contributed by atoms with van der Waals surface area (Å²) in [5, 5.41) is 4.39. The number of hydrogen-bond acceptors (Lipinski definition) is 2. The van der Waals surface area contributed by atoms with Crippen LogP contribution < -0.4 is 5.73 Å². The zero-order valence-electron chi connectivity index (χ0n) is 9.52. The fraction of sp³-hybridized carbons (Fsp3) is 0.750. The van der Waals surface area contributed by atoms with Crippen molar-refractivity contribution in [3.05, 3.63) is 18.0 Å². The maximum Gasteiger partial charge on any atom is 0.0537 e. The molecule has 1 aromatic rings. The van der Waals surface area contributed by atoms with Crippen molar-refractivity contribution in [1.82, 2.24) is 9.78 Å². The lowest BCUT2D eigenvalue weighted by Gasteiger charge is -2.08. The van der Waals surface area contributed by atoms with E-state index in [0.717, 1.165) is 18.9 Å². The number of nitrogens with two attached hydrogens (primary N) is 1. The van der Waals surface area contributed by atoms with E-state index >= 15 is 0 Å². The minimum absolute atomic E-state index is 0.155. The molecule has 0 aromatic carbocycles. The summed E-state index contributed by atoms with van der Waals surface area (Å²) in [4.78, 5) is 0. The van der Waals surface area contributed by atoms with E-state index < -0.39 is 0 Å². The molecule has 1 aliphatic rings. The summed E-state index contributed by atoms with van der Waals surface area (Å²) in [7, 11) is 0. The summed E-state index contributed by atoms with van der Waals surface area (Å²) < 4.78 is 2.07. The molecular formula is C12H21N3. The Bertz CT molecular complexity index is 300. The molecule has 0 amide bonds. The molecule has 3 heteroatoms. The Morgan fingerprint density at radius 1 is 1.53 bits per heavy atom. The summed E-state index contributed by atoms with van der Waals surface area (Å²) in [6.45, 7) is 3.19. The molecule has 1 aliphatic carbocycles. The minimum atomic E-state index is 0.155. The van der Waals surface area contributed by atoms with Crippen molar-refractivity contribution in [2.75, 3.05) is 0 Å². The Kier molecular flexibility index (Phi) is 3.41. The van der Waals surface area contributed by atoms with Gasteiger partial charge in [-0.3, -0.25) is 4.68 Å². The number of rotatable bonds is 4. The van der Waals surface area contributed by atoms with Gasteiger partial charge in [-0.05, 0) is 25.2 Å². The van der Waals surface area contributed by atoms with Gasteiger partial charge < -0.3 is 5.73 Å². The Morgan fingerprint density at radius 3 is 2.93 bits per heavy atom. The highest BCUT2D eigenvalue weighted by atomic mass is 15.3. The molecule has 1 saturated carbocycles. The minimum Gasteiger partial charge on any atom is -0.324 e. The topological polar surface area (TPSA) is 43.8 Å². The fourth-order valence-corrected chi connectivity index (χ4v) is 2.36. The van der Waals surface area contributed by atoms with Gasteiger partial charge in [-0.2, -0.15) is 5.10 Å². The van der Waals surface area contributed by atoms with Crippen LogP contribution in [0, 0.1) is 5.92 Å². The highest BCUT2D eigenvalue weighted by Crippen LogP contribution is 2.26. The highest BCUT2D eigenvalue weighted by molar-refractivity contribution is 5.09. The lowest BCUT2D eigenvalue weighted by atomic mass is 10.1. The van der Waals surface area contributed by atoms with Crippen LogP contribution in [0.1, 0.15) is 50.6 Å². The van der Waals surface area contributed by atoms with Crippen molar-refractivity contribution in [3.63, 3.8) is 0 Å². The smallest absolute Gasteiger partial charge is 0.0537 e. The Morgan fingerprint density at radius 2 is 2.27 bits per heavy atom. The van der Waals surface area contributed by atoms with Crippen LogP contribution in [0.4, 0.5) is 0 Å². The first-order valence-corrected chi connectivity index (χ1v) is 6.07. The van der Waals surface area contributed by atoms with Crippen LogP contribution in [0.25, 0.3) is 0 Å². The van der Waals surface area contributed by atoms with Gasteiger partial charge in [0.05, 0.1) is 6.20 Å². The average Bonchev–Trinajstić information content (AvgIpc) is 2.88. The lowest BCUT2D eigenvalue weighted by molar-refractivity contribution is 0.428. The molecule has 0 bridgehead atoms. The largest absolute Gasteiger partial charge is 0.324 e. The van der Waals surface area contributed by atoms with Gasteiger partial charge in [0.2, 0.25) is 0 Å². The quantitative estimate of drug-likeness (QED) is 0.824. The van der Waals surface area contributed by atoms with Crippen LogP contribution in [0.3, 0.4) is 0 Å². The van der Waals surface area contributed by atoms with E-state index in [2.05, 4.69) is 22.9 Å². The standard InChI is InChI=1S/C12H21N3/c1-2-12(13)11-7-14-15(9-11)8-10-5-3-4-6-10/h7,9-10,12H,2-6,8,13H2,1H3. The summed E-state index contributed by atoms with van der Waals surface area (Å²) in [5.41, 5.74) is 7.14. The fourth-order valence-electron chi connectivity index (χ4n) is 2.36. The van der Waals surface area contributed by atoms with Crippen LogP contribution in [-0.2, 0) is 6.54 Å². The first-order chi connectivity index (χ1) is 7.29. The van der Waals surface area contributed by atoms with Gasteiger partial charge in [0.25, 0.3) is 0 Å².